The standard InChI is InChI=1S/C16H23N5O4/c17-15-14-10(6-20-1-3-24-4-2-20)7-21(16(14)19-9-18-15)13-5-11(23)12(8-22)25-13/h7,9,11-13,22-23H,1-6,8H2,(H2,17,18,19)/t11-,12+,13+/m0/s1. The molecule has 4 rings (SSSR count). The molecule has 2 aromatic rings. The Morgan fingerprint density at radius 1 is 1.28 bits per heavy atom. The van der Waals surface area contributed by atoms with Crippen LogP contribution in [-0.4, -0.2) is 74.8 Å². The van der Waals surface area contributed by atoms with Crippen LogP contribution in [0.3, 0.4) is 0 Å². The van der Waals surface area contributed by atoms with Gasteiger partial charge >= 0.3 is 0 Å². The molecular formula is C16H23N5O4. The first kappa shape index (κ1) is 16.7. The number of aliphatic hydroxyl groups excluding tert-OH is 2. The highest BCUT2D eigenvalue weighted by Gasteiger charge is 2.35. The molecule has 4 heterocycles. The lowest BCUT2D eigenvalue weighted by atomic mass is 10.2. The molecule has 0 aromatic carbocycles. The maximum absolute atomic E-state index is 10.0. The Hall–Kier alpha value is -1.78. The summed E-state index contributed by atoms with van der Waals surface area (Å²) in [4.78, 5) is 10.8. The third-order valence-corrected chi connectivity index (χ3v) is 4.91. The average Bonchev–Trinajstić information content (AvgIpc) is 3.17. The van der Waals surface area contributed by atoms with Crippen molar-refractivity contribution in [1.29, 1.82) is 0 Å². The van der Waals surface area contributed by atoms with Crippen LogP contribution in [0.1, 0.15) is 18.2 Å². The lowest BCUT2D eigenvalue weighted by Gasteiger charge is -2.26. The summed E-state index contributed by atoms with van der Waals surface area (Å²) in [6.45, 7) is 3.69. The minimum atomic E-state index is -0.700. The van der Waals surface area contributed by atoms with Gasteiger partial charge in [-0.1, -0.05) is 0 Å². The summed E-state index contributed by atoms with van der Waals surface area (Å²) in [5.74, 6) is 0.435. The number of aliphatic hydroxyl groups is 2. The summed E-state index contributed by atoms with van der Waals surface area (Å²) >= 11 is 0. The second-order valence-electron chi connectivity index (χ2n) is 6.52. The Kier molecular flexibility index (Phi) is 4.57. The fourth-order valence-electron chi connectivity index (χ4n) is 3.58. The Labute approximate surface area is 145 Å². The van der Waals surface area contributed by atoms with Gasteiger partial charge in [0.05, 0.1) is 31.3 Å². The van der Waals surface area contributed by atoms with Gasteiger partial charge in [-0.15, -0.1) is 0 Å². The van der Waals surface area contributed by atoms with E-state index in [4.69, 9.17) is 15.2 Å². The molecule has 9 nitrogen and oxygen atoms in total. The van der Waals surface area contributed by atoms with E-state index in [-0.39, 0.29) is 12.8 Å². The first-order chi connectivity index (χ1) is 12.2. The zero-order chi connectivity index (χ0) is 17.4. The minimum absolute atomic E-state index is 0.214. The molecule has 0 radical (unpaired) electrons. The lowest BCUT2D eigenvalue weighted by molar-refractivity contribution is -0.0431. The van der Waals surface area contributed by atoms with Crippen molar-refractivity contribution < 1.29 is 19.7 Å². The van der Waals surface area contributed by atoms with Crippen LogP contribution in [0.4, 0.5) is 5.82 Å². The molecule has 0 amide bonds. The third-order valence-electron chi connectivity index (χ3n) is 4.91. The maximum Gasteiger partial charge on any atom is 0.147 e. The Morgan fingerprint density at radius 2 is 2.08 bits per heavy atom. The SMILES string of the molecule is Nc1ncnc2c1c(CN1CCOCC1)cn2[C@H]1C[C@H](O)[C@@H](CO)O1. The number of fused-ring (bicyclic) bond motifs is 1. The number of anilines is 1. The number of nitrogens with two attached hydrogens (primary N) is 1. The van der Waals surface area contributed by atoms with Crippen molar-refractivity contribution in [3.8, 4) is 0 Å². The second-order valence-corrected chi connectivity index (χ2v) is 6.52. The van der Waals surface area contributed by atoms with E-state index in [0.29, 0.717) is 17.9 Å². The molecule has 0 saturated carbocycles. The molecular weight excluding hydrogens is 326 g/mol. The number of nitrogen functional groups attached to an aromatic ring is 1. The predicted octanol–water partition coefficient (Wildman–Crippen LogP) is -0.514. The Bertz CT molecular complexity index is 745. The van der Waals surface area contributed by atoms with E-state index in [2.05, 4.69) is 14.9 Å². The average molecular weight is 349 g/mol. The van der Waals surface area contributed by atoms with Crippen LogP contribution in [0, 0.1) is 0 Å². The van der Waals surface area contributed by atoms with Crippen LogP contribution < -0.4 is 5.73 Å². The molecule has 2 saturated heterocycles. The van der Waals surface area contributed by atoms with Gasteiger partial charge in [0, 0.05) is 32.3 Å². The third kappa shape index (κ3) is 3.09. The van der Waals surface area contributed by atoms with Crippen molar-refractivity contribution >= 4 is 16.9 Å². The molecule has 0 unspecified atom stereocenters. The number of rotatable bonds is 4. The van der Waals surface area contributed by atoms with E-state index in [1.165, 1.54) is 6.33 Å². The summed E-state index contributed by atoms with van der Waals surface area (Å²) in [6.07, 6.45) is 2.14. The molecule has 2 fully saturated rings. The van der Waals surface area contributed by atoms with Crippen LogP contribution in [0.25, 0.3) is 11.0 Å². The number of nitrogens with zero attached hydrogens (tertiary/aromatic N) is 4. The van der Waals surface area contributed by atoms with E-state index in [1.807, 2.05) is 10.8 Å². The highest BCUT2D eigenvalue weighted by atomic mass is 16.5. The van der Waals surface area contributed by atoms with Gasteiger partial charge in [-0.25, -0.2) is 9.97 Å². The smallest absolute Gasteiger partial charge is 0.147 e. The zero-order valence-electron chi connectivity index (χ0n) is 13.9. The highest BCUT2D eigenvalue weighted by Crippen LogP contribution is 2.34. The first-order valence-corrected chi connectivity index (χ1v) is 8.51. The van der Waals surface area contributed by atoms with Gasteiger partial charge in [0.15, 0.2) is 0 Å². The van der Waals surface area contributed by atoms with Crippen LogP contribution in [-0.2, 0) is 16.0 Å². The lowest BCUT2D eigenvalue weighted by Crippen LogP contribution is -2.35. The molecule has 3 atom stereocenters. The van der Waals surface area contributed by atoms with Crippen LogP contribution in [0.2, 0.25) is 0 Å². The summed E-state index contributed by atoms with van der Waals surface area (Å²) in [5.41, 5.74) is 7.83. The van der Waals surface area contributed by atoms with Crippen molar-refractivity contribution in [1.82, 2.24) is 19.4 Å². The van der Waals surface area contributed by atoms with Crippen LogP contribution in [0.5, 0.6) is 0 Å². The maximum atomic E-state index is 10.0. The minimum Gasteiger partial charge on any atom is -0.394 e. The fourth-order valence-corrected chi connectivity index (χ4v) is 3.58. The second kappa shape index (κ2) is 6.85. The van der Waals surface area contributed by atoms with Gasteiger partial charge in [0.25, 0.3) is 0 Å². The highest BCUT2D eigenvalue weighted by molar-refractivity contribution is 5.89. The molecule has 0 aliphatic carbocycles. The molecule has 0 bridgehead atoms. The van der Waals surface area contributed by atoms with Crippen molar-refractivity contribution in [3.63, 3.8) is 0 Å². The van der Waals surface area contributed by atoms with Gasteiger partial charge in [0.1, 0.15) is 30.1 Å². The number of morpholine rings is 1. The zero-order valence-corrected chi connectivity index (χ0v) is 13.9. The summed E-state index contributed by atoms with van der Waals surface area (Å²) in [7, 11) is 0. The van der Waals surface area contributed by atoms with E-state index < -0.39 is 12.2 Å². The van der Waals surface area contributed by atoms with Crippen molar-refractivity contribution in [2.75, 3.05) is 38.6 Å². The molecule has 2 aromatic heterocycles. The molecule has 4 N–H and O–H groups in total. The summed E-state index contributed by atoms with van der Waals surface area (Å²) < 4.78 is 13.1. The number of ether oxygens (including phenoxy) is 2. The Balaban J connectivity index is 1.69. The number of hydrogen-bond donors (Lipinski definition) is 3. The van der Waals surface area contributed by atoms with Crippen molar-refractivity contribution in [2.45, 2.75) is 31.4 Å². The fraction of sp³-hybridized carbons (Fsp3) is 0.625. The van der Waals surface area contributed by atoms with E-state index in [0.717, 1.165) is 43.8 Å². The predicted molar refractivity (Wildman–Crippen MR) is 89.7 cm³/mol. The van der Waals surface area contributed by atoms with Gasteiger partial charge in [-0.2, -0.15) is 0 Å². The van der Waals surface area contributed by atoms with Crippen molar-refractivity contribution in [3.05, 3.63) is 18.1 Å². The number of aromatic nitrogens is 3. The van der Waals surface area contributed by atoms with Gasteiger partial charge in [0.2, 0.25) is 0 Å². The van der Waals surface area contributed by atoms with Crippen molar-refractivity contribution in [2.24, 2.45) is 0 Å². The molecule has 2 aliphatic heterocycles. The van der Waals surface area contributed by atoms with E-state index in [9.17, 15) is 10.2 Å². The quantitative estimate of drug-likeness (QED) is 0.675. The normalized spacial score (nSPS) is 28.0. The largest absolute Gasteiger partial charge is 0.394 e. The molecule has 9 heteroatoms. The first-order valence-electron chi connectivity index (χ1n) is 8.51. The monoisotopic (exact) mass is 349 g/mol. The topological polar surface area (TPSA) is 119 Å². The molecule has 136 valence electrons. The number of hydrogen-bond acceptors (Lipinski definition) is 8. The van der Waals surface area contributed by atoms with Crippen LogP contribution in [0.15, 0.2) is 12.5 Å². The van der Waals surface area contributed by atoms with Gasteiger partial charge in [-0.3, -0.25) is 4.90 Å². The Morgan fingerprint density at radius 3 is 2.80 bits per heavy atom. The molecule has 0 spiro atoms. The van der Waals surface area contributed by atoms with Crippen LogP contribution >= 0.6 is 0 Å². The van der Waals surface area contributed by atoms with Gasteiger partial charge in [-0.05, 0) is 5.56 Å². The van der Waals surface area contributed by atoms with Gasteiger partial charge < -0.3 is 30.0 Å². The molecule has 2 aliphatic rings. The van der Waals surface area contributed by atoms with E-state index >= 15 is 0 Å². The summed E-state index contributed by atoms with van der Waals surface area (Å²) in [5, 5.41) is 20.2. The molecule has 25 heavy (non-hydrogen) atoms. The summed E-state index contributed by atoms with van der Waals surface area (Å²) in [6, 6.07) is 0. The van der Waals surface area contributed by atoms with E-state index in [1.54, 1.807) is 0 Å².